The summed E-state index contributed by atoms with van der Waals surface area (Å²) in [5.41, 5.74) is 0.451. The number of carbonyl (C=O) groups is 1. The minimum absolute atomic E-state index is 0.166. The molecule has 3 rings (SSSR count). The molecule has 1 aromatic rings. The highest BCUT2D eigenvalue weighted by molar-refractivity contribution is 5.89. The van der Waals surface area contributed by atoms with E-state index in [2.05, 4.69) is 6.92 Å². The van der Waals surface area contributed by atoms with Gasteiger partial charge >= 0.3 is 5.97 Å². The summed E-state index contributed by atoms with van der Waals surface area (Å²) in [6.07, 6.45) is 4.85. The molecule has 0 saturated heterocycles. The molecule has 2 fully saturated rings. The first-order valence-corrected chi connectivity index (χ1v) is 6.46. The van der Waals surface area contributed by atoms with Gasteiger partial charge in [0.05, 0.1) is 5.56 Å². The number of hydrogen-bond donors (Lipinski definition) is 0. The van der Waals surface area contributed by atoms with Crippen LogP contribution in [-0.4, -0.2) is 11.6 Å². The molecule has 0 heterocycles. The largest absolute Gasteiger partial charge is 0.455 e. The van der Waals surface area contributed by atoms with Crippen LogP contribution in [0, 0.1) is 11.8 Å². The van der Waals surface area contributed by atoms with Gasteiger partial charge in [-0.2, -0.15) is 0 Å². The first-order valence-electron chi connectivity index (χ1n) is 6.46. The van der Waals surface area contributed by atoms with Crippen molar-refractivity contribution in [3.05, 3.63) is 35.9 Å². The van der Waals surface area contributed by atoms with Crippen molar-refractivity contribution in [3.63, 3.8) is 0 Å². The normalized spacial score (nSPS) is 34.9. The van der Waals surface area contributed by atoms with E-state index in [0.29, 0.717) is 11.5 Å². The van der Waals surface area contributed by atoms with E-state index in [1.807, 2.05) is 30.3 Å². The van der Waals surface area contributed by atoms with Crippen LogP contribution in [0.2, 0.25) is 0 Å². The third-order valence-corrected chi connectivity index (χ3v) is 4.43. The van der Waals surface area contributed by atoms with Crippen LogP contribution in [0.1, 0.15) is 43.0 Å². The van der Waals surface area contributed by atoms with Gasteiger partial charge in [0.15, 0.2) is 0 Å². The Balaban J connectivity index is 1.74. The van der Waals surface area contributed by atoms with Gasteiger partial charge in [-0.15, -0.1) is 0 Å². The minimum atomic E-state index is -0.212. The molecule has 17 heavy (non-hydrogen) atoms. The molecule has 0 radical (unpaired) electrons. The summed E-state index contributed by atoms with van der Waals surface area (Å²) in [5, 5.41) is 0. The minimum Gasteiger partial charge on any atom is -0.455 e. The van der Waals surface area contributed by atoms with E-state index in [-0.39, 0.29) is 11.6 Å². The Labute approximate surface area is 102 Å². The first kappa shape index (κ1) is 10.8. The molecule has 3 atom stereocenters. The van der Waals surface area contributed by atoms with Crippen LogP contribution in [0.4, 0.5) is 0 Å². The van der Waals surface area contributed by atoms with Gasteiger partial charge in [-0.1, -0.05) is 18.2 Å². The lowest BCUT2D eigenvalue weighted by Crippen LogP contribution is -2.37. The Morgan fingerprint density at radius 2 is 2.06 bits per heavy atom. The topological polar surface area (TPSA) is 26.3 Å². The molecule has 2 aliphatic carbocycles. The van der Waals surface area contributed by atoms with Gasteiger partial charge in [0.2, 0.25) is 0 Å². The summed E-state index contributed by atoms with van der Waals surface area (Å²) in [5.74, 6) is 1.20. The Morgan fingerprint density at radius 1 is 1.29 bits per heavy atom. The summed E-state index contributed by atoms with van der Waals surface area (Å²) >= 11 is 0. The quantitative estimate of drug-likeness (QED) is 0.728. The summed E-state index contributed by atoms with van der Waals surface area (Å²) in [4.78, 5) is 12.1. The van der Waals surface area contributed by atoms with Crippen LogP contribution in [0.15, 0.2) is 30.3 Å². The smallest absolute Gasteiger partial charge is 0.338 e. The van der Waals surface area contributed by atoms with Crippen molar-refractivity contribution in [2.75, 3.05) is 0 Å². The van der Waals surface area contributed by atoms with E-state index in [0.717, 1.165) is 12.3 Å². The maximum absolute atomic E-state index is 12.1. The van der Waals surface area contributed by atoms with Gasteiger partial charge in [-0.3, -0.25) is 0 Å². The zero-order valence-corrected chi connectivity index (χ0v) is 10.2. The van der Waals surface area contributed by atoms with Crippen molar-refractivity contribution in [2.45, 2.75) is 38.2 Å². The second-order valence-electron chi connectivity index (χ2n) is 5.65. The number of benzene rings is 1. The Hall–Kier alpha value is -1.31. The van der Waals surface area contributed by atoms with E-state index in [1.165, 1.54) is 19.3 Å². The maximum atomic E-state index is 12.1. The average Bonchev–Trinajstić information content (AvgIpc) is 2.89. The number of fused-ring (bicyclic) bond motifs is 2. The van der Waals surface area contributed by atoms with Crippen molar-refractivity contribution in [1.82, 2.24) is 0 Å². The lowest BCUT2D eigenvalue weighted by Gasteiger charge is -2.33. The molecule has 0 aromatic heterocycles. The zero-order chi connectivity index (χ0) is 11.9. The Bertz CT molecular complexity index is 426. The van der Waals surface area contributed by atoms with E-state index in [1.54, 1.807) is 0 Å². The molecule has 90 valence electrons. The summed E-state index contributed by atoms with van der Waals surface area (Å²) < 4.78 is 5.78. The molecule has 2 nitrogen and oxygen atoms in total. The first-order chi connectivity index (χ1) is 8.17. The maximum Gasteiger partial charge on any atom is 0.338 e. The predicted molar refractivity (Wildman–Crippen MR) is 65.7 cm³/mol. The van der Waals surface area contributed by atoms with Crippen LogP contribution in [-0.2, 0) is 4.74 Å². The van der Waals surface area contributed by atoms with Crippen molar-refractivity contribution in [2.24, 2.45) is 11.8 Å². The second-order valence-corrected chi connectivity index (χ2v) is 5.65. The Kier molecular flexibility index (Phi) is 2.46. The molecule has 0 N–H and O–H groups in total. The molecular formula is C15H18O2. The third-order valence-electron chi connectivity index (χ3n) is 4.43. The summed E-state index contributed by atoms with van der Waals surface area (Å²) in [7, 11) is 0. The van der Waals surface area contributed by atoms with Crippen LogP contribution in [0.25, 0.3) is 0 Å². The monoisotopic (exact) mass is 230 g/mol. The van der Waals surface area contributed by atoms with Crippen molar-refractivity contribution in [3.8, 4) is 0 Å². The number of esters is 1. The van der Waals surface area contributed by atoms with Crippen molar-refractivity contribution < 1.29 is 9.53 Å². The number of hydrogen-bond acceptors (Lipinski definition) is 2. The van der Waals surface area contributed by atoms with Crippen LogP contribution >= 0.6 is 0 Å². The van der Waals surface area contributed by atoms with E-state index < -0.39 is 0 Å². The van der Waals surface area contributed by atoms with Gasteiger partial charge in [0.1, 0.15) is 5.60 Å². The standard InChI is InChI=1S/C15H18O2/c1-15(10-11-7-8-13(15)9-11)17-14(16)12-5-3-2-4-6-12/h2-6,11,13H,7-10H2,1H3. The zero-order valence-electron chi connectivity index (χ0n) is 10.2. The van der Waals surface area contributed by atoms with E-state index in [4.69, 9.17) is 4.74 Å². The molecule has 3 unspecified atom stereocenters. The summed E-state index contributed by atoms with van der Waals surface area (Å²) in [6, 6.07) is 9.30. The van der Waals surface area contributed by atoms with Crippen molar-refractivity contribution >= 4 is 5.97 Å². The lowest BCUT2D eigenvalue weighted by molar-refractivity contribution is -0.0370. The highest BCUT2D eigenvalue weighted by atomic mass is 16.6. The molecule has 2 heteroatoms. The number of carbonyl (C=O) groups excluding carboxylic acids is 1. The fraction of sp³-hybridized carbons (Fsp3) is 0.533. The predicted octanol–water partition coefficient (Wildman–Crippen LogP) is 3.42. The summed E-state index contributed by atoms with van der Waals surface area (Å²) in [6.45, 7) is 2.11. The molecule has 0 aliphatic heterocycles. The highest BCUT2D eigenvalue weighted by Crippen LogP contribution is 2.52. The molecule has 1 aromatic carbocycles. The van der Waals surface area contributed by atoms with Gasteiger partial charge in [0.25, 0.3) is 0 Å². The lowest BCUT2D eigenvalue weighted by atomic mass is 9.85. The molecule has 2 aliphatic rings. The van der Waals surface area contributed by atoms with Gasteiger partial charge in [0, 0.05) is 0 Å². The fourth-order valence-electron chi connectivity index (χ4n) is 3.52. The number of ether oxygens (including phenoxy) is 1. The molecular weight excluding hydrogens is 212 g/mol. The molecule has 2 saturated carbocycles. The third kappa shape index (κ3) is 1.86. The van der Waals surface area contributed by atoms with Crippen molar-refractivity contribution in [1.29, 1.82) is 0 Å². The van der Waals surface area contributed by atoms with Gasteiger partial charge < -0.3 is 4.74 Å². The number of rotatable bonds is 2. The van der Waals surface area contributed by atoms with Crippen LogP contribution in [0.5, 0.6) is 0 Å². The average molecular weight is 230 g/mol. The van der Waals surface area contributed by atoms with E-state index >= 15 is 0 Å². The molecule has 0 spiro atoms. The van der Waals surface area contributed by atoms with Gasteiger partial charge in [-0.05, 0) is 56.6 Å². The highest BCUT2D eigenvalue weighted by Gasteiger charge is 2.50. The second kappa shape index (κ2) is 3.86. The van der Waals surface area contributed by atoms with Crippen LogP contribution in [0.3, 0.4) is 0 Å². The van der Waals surface area contributed by atoms with Gasteiger partial charge in [-0.25, -0.2) is 4.79 Å². The molecule has 2 bridgehead atoms. The fourth-order valence-corrected chi connectivity index (χ4v) is 3.52. The van der Waals surface area contributed by atoms with Crippen LogP contribution < -0.4 is 0 Å². The SMILES string of the molecule is CC1(OC(=O)c2ccccc2)CC2CCC1C2. The van der Waals surface area contributed by atoms with E-state index in [9.17, 15) is 4.79 Å². The Morgan fingerprint density at radius 3 is 2.65 bits per heavy atom. The molecule has 0 amide bonds.